The quantitative estimate of drug-likeness (QED) is 0.214. The Kier molecular flexibility index (Phi) is 10.2. The van der Waals surface area contributed by atoms with Crippen LogP contribution in [0.15, 0.2) is 72.8 Å². The molecule has 39 heavy (non-hydrogen) atoms. The highest BCUT2D eigenvalue weighted by Gasteiger charge is 2.33. The van der Waals surface area contributed by atoms with Crippen LogP contribution in [0.2, 0.25) is 0 Å². The van der Waals surface area contributed by atoms with Gasteiger partial charge in [0.25, 0.3) is 0 Å². The molecule has 1 saturated heterocycles. The van der Waals surface area contributed by atoms with Crippen molar-refractivity contribution in [3.63, 3.8) is 0 Å². The number of likely N-dealkylation sites (tertiary alicyclic amines) is 1. The van der Waals surface area contributed by atoms with Crippen molar-refractivity contribution < 1.29 is 14.6 Å². The Balaban J connectivity index is 1.06. The first-order valence-electron chi connectivity index (χ1n) is 15.2. The second-order valence-electron chi connectivity index (χ2n) is 11.3. The Morgan fingerprint density at radius 1 is 0.744 bits per heavy atom. The van der Waals surface area contributed by atoms with E-state index in [1.54, 1.807) is 6.07 Å². The number of phenols is 1. The number of unbranched alkanes of at least 4 members (excludes halogenated alkanes) is 7. The summed E-state index contributed by atoms with van der Waals surface area (Å²) in [5.74, 6) is 2.34. The summed E-state index contributed by atoms with van der Waals surface area (Å²) in [6, 6.07) is 24.5. The fourth-order valence-electron chi connectivity index (χ4n) is 6.27. The van der Waals surface area contributed by atoms with Gasteiger partial charge in [-0.3, -0.25) is 0 Å². The summed E-state index contributed by atoms with van der Waals surface area (Å²) in [5, 5.41) is 10.2. The summed E-state index contributed by atoms with van der Waals surface area (Å²) in [6.45, 7) is 5.37. The van der Waals surface area contributed by atoms with Crippen molar-refractivity contribution in [3.8, 4) is 17.2 Å². The maximum Gasteiger partial charge on any atom is 0.123 e. The first-order chi connectivity index (χ1) is 19.3. The van der Waals surface area contributed by atoms with Crippen LogP contribution in [0.5, 0.6) is 17.2 Å². The van der Waals surface area contributed by atoms with Gasteiger partial charge in [0.1, 0.15) is 17.2 Å². The highest BCUT2D eigenvalue weighted by atomic mass is 16.5. The molecular formula is C35H45NO3. The highest BCUT2D eigenvalue weighted by Crippen LogP contribution is 2.47. The monoisotopic (exact) mass is 527 g/mol. The van der Waals surface area contributed by atoms with Crippen LogP contribution in [0.25, 0.3) is 0 Å². The number of ether oxygens (including phenoxy) is 2. The summed E-state index contributed by atoms with van der Waals surface area (Å²) in [4.78, 5) is 2.63. The van der Waals surface area contributed by atoms with E-state index < -0.39 is 0 Å². The Labute approximate surface area is 235 Å². The van der Waals surface area contributed by atoms with Crippen LogP contribution in [0, 0.1) is 0 Å². The van der Waals surface area contributed by atoms with Crippen molar-refractivity contribution in [2.45, 2.75) is 76.0 Å². The maximum absolute atomic E-state index is 10.2. The van der Waals surface area contributed by atoms with E-state index in [2.05, 4.69) is 53.4 Å². The topological polar surface area (TPSA) is 41.9 Å². The number of fused-ring (bicyclic) bond motifs is 1. The van der Waals surface area contributed by atoms with Gasteiger partial charge in [-0.1, -0.05) is 81.0 Å². The average molecular weight is 528 g/mol. The molecule has 0 radical (unpaired) electrons. The molecule has 3 aromatic carbocycles. The van der Waals surface area contributed by atoms with Gasteiger partial charge < -0.3 is 19.5 Å². The van der Waals surface area contributed by atoms with Crippen LogP contribution in [0.3, 0.4) is 0 Å². The second kappa shape index (κ2) is 14.4. The molecule has 0 unspecified atom stereocenters. The molecular weight excluding hydrogens is 482 g/mol. The number of benzene rings is 3. The van der Waals surface area contributed by atoms with E-state index in [4.69, 9.17) is 9.47 Å². The van der Waals surface area contributed by atoms with Crippen molar-refractivity contribution in [3.05, 3.63) is 89.5 Å². The molecule has 5 rings (SSSR count). The van der Waals surface area contributed by atoms with Crippen LogP contribution < -0.4 is 9.47 Å². The van der Waals surface area contributed by atoms with Crippen LogP contribution in [0.4, 0.5) is 0 Å². The van der Waals surface area contributed by atoms with Gasteiger partial charge in [0.15, 0.2) is 0 Å². The normalized spacial score (nSPS) is 19.0. The molecule has 1 fully saturated rings. The maximum atomic E-state index is 10.2. The second-order valence-corrected chi connectivity index (χ2v) is 11.3. The van der Waals surface area contributed by atoms with Crippen LogP contribution in [-0.2, 0) is 0 Å². The number of hydrogen-bond acceptors (Lipinski definition) is 4. The number of phenolic OH excluding ortho intramolecular Hbond substituents is 1. The lowest BCUT2D eigenvalue weighted by molar-refractivity contribution is 0.248. The number of rotatable bonds is 14. The van der Waals surface area contributed by atoms with Gasteiger partial charge in [-0.15, -0.1) is 0 Å². The minimum atomic E-state index is 0.109. The zero-order chi connectivity index (χ0) is 26.7. The van der Waals surface area contributed by atoms with Gasteiger partial charge in [0, 0.05) is 17.4 Å². The lowest BCUT2D eigenvalue weighted by Gasteiger charge is -2.34. The van der Waals surface area contributed by atoms with Crippen molar-refractivity contribution in [2.24, 2.45) is 0 Å². The molecule has 0 saturated carbocycles. The van der Waals surface area contributed by atoms with E-state index in [1.165, 1.54) is 88.5 Å². The lowest BCUT2D eigenvalue weighted by Crippen LogP contribution is -2.25. The summed E-state index contributed by atoms with van der Waals surface area (Å²) in [5.41, 5.74) is 3.50. The summed E-state index contributed by atoms with van der Waals surface area (Å²) in [6.07, 6.45) is 13.4. The molecule has 3 aromatic rings. The van der Waals surface area contributed by atoms with E-state index in [0.717, 1.165) is 30.1 Å². The summed E-state index contributed by atoms with van der Waals surface area (Å²) in [7, 11) is 0. The summed E-state index contributed by atoms with van der Waals surface area (Å²) < 4.78 is 12.2. The molecule has 0 spiro atoms. The lowest BCUT2D eigenvalue weighted by atomic mass is 9.76. The highest BCUT2D eigenvalue weighted by molar-refractivity contribution is 5.51. The van der Waals surface area contributed by atoms with E-state index in [1.807, 2.05) is 18.2 Å². The third-order valence-electron chi connectivity index (χ3n) is 8.45. The van der Waals surface area contributed by atoms with Crippen molar-refractivity contribution in [2.75, 3.05) is 32.8 Å². The number of hydrogen-bond donors (Lipinski definition) is 1. The standard InChI is InChI=1S/C35H45NO3/c37-30-18-21-34-32(26-30)35(33(27-39-34)28-14-8-7-9-15-28)29-16-19-31(20-17-29)38-25-13-6-4-2-1-3-5-10-22-36-23-11-12-24-36/h7-9,14-21,26,33,35,37H,1-6,10-13,22-25,27H2/t33-,35-/m1/s1. The van der Waals surface area contributed by atoms with Crippen LogP contribution in [-0.4, -0.2) is 42.9 Å². The molecule has 0 bridgehead atoms. The van der Waals surface area contributed by atoms with E-state index >= 15 is 0 Å². The zero-order valence-corrected chi connectivity index (χ0v) is 23.4. The van der Waals surface area contributed by atoms with Gasteiger partial charge in [-0.25, -0.2) is 0 Å². The first kappa shape index (κ1) is 27.6. The molecule has 2 atom stereocenters. The molecule has 4 heteroatoms. The third-order valence-corrected chi connectivity index (χ3v) is 8.45. The Morgan fingerprint density at radius 2 is 1.44 bits per heavy atom. The van der Waals surface area contributed by atoms with E-state index in [0.29, 0.717) is 6.61 Å². The Morgan fingerprint density at radius 3 is 2.18 bits per heavy atom. The minimum Gasteiger partial charge on any atom is -0.508 e. The predicted octanol–water partition coefficient (Wildman–Crippen LogP) is 8.30. The molecule has 208 valence electrons. The van der Waals surface area contributed by atoms with Gasteiger partial charge >= 0.3 is 0 Å². The number of aromatic hydroxyl groups is 1. The van der Waals surface area contributed by atoms with E-state index in [-0.39, 0.29) is 17.6 Å². The molecule has 2 heterocycles. The van der Waals surface area contributed by atoms with Crippen molar-refractivity contribution in [1.82, 2.24) is 4.90 Å². The molecule has 2 aliphatic rings. The van der Waals surface area contributed by atoms with Gasteiger partial charge in [0.05, 0.1) is 13.2 Å². The van der Waals surface area contributed by atoms with Gasteiger partial charge in [-0.2, -0.15) is 0 Å². The first-order valence-corrected chi connectivity index (χ1v) is 15.2. The Hall–Kier alpha value is -2.98. The van der Waals surface area contributed by atoms with Gasteiger partial charge in [-0.05, 0) is 86.8 Å². The summed E-state index contributed by atoms with van der Waals surface area (Å²) >= 11 is 0. The smallest absolute Gasteiger partial charge is 0.123 e. The fraction of sp³-hybridized carbons (Fsp3) is 0.486. The molecule has 2 aliphatic heterocycles. The molecule has 1 N–H and O–H groups in total. The fourth-order valence-corrected chi connectivity index (χ4v) is 6.27. The molecule has 4 nitrogen and oxygen atoms in total. The van der Waals surface area contributed by atoms with Crippen molar-refractivity contribution in [1.29, 1.82) is 0 Å². The van der Waals surface area contributed by atoms with E-state index in [9.17, 15) is 5.11 Å². The molecule has 0 amide bonds. The van der Waals surface area contributed by atoms with Crippen molar-refractivity contribution >= 4 is 0 Å². The largest absolute Gasteiger partial charge is 0.508 e. The number of nitrogens with zero attached hydrogens (tertiary/aromatic N) is 1. The van der Waals surface area contributed by atoms with Crippen LogP contribution in [0.1, 0.15) is 92.7 Å². The zero-order valence-electron chi connectivity index (χ0n) is 23.4. The minimum absolute atomic E-state index is 0.109. The van der Waals surface area contributed by atoms with Gasteiger partial charge in [0.2, 0.25) is 0 Å². The predicted molar refractivity (Wildman–Crippen MR) is 159 cm³/mol. The van der Waals surface area contributed by atoms with Crippen LogP contribution >= 0.6 is 0 Å². The molecule has 0 aromatic heterocycles. The third kappa shape index (κ3) is 7.79. The SMILES string of the molecule is Oc1ccc2c(c1)[C@@H](c1ccc(OCCCCCCCCCCN3CCCC3)cc1)[C@@H](c1ccccc1)CO2. The Bertz CT molecular complexity index is 1120. The molecule has 0 aliphatic carbocycles. The average Bonchev–Trinajstić information content (AvgIpc) is 3.50.